The van der Waals surface area contributed by atoms with Gasteiger partial charge in [0.1, 0.15) is 0 Å². The first-order valence-corrected chi connectivity index (χ1v) is 11.9. The smallest absolute Gasteiger partial charge is 0.280 e. The standard InChI is InChI=1S/C26H28N4O2S/c1-4-7-20-15-19(12-13-30(20)3)27-25(32)26-29-23(16-33-26)18-11-10-17-8-6-9-22(21(17)14-18)28-24(31)5-2/h4-6,8-11,14,16,19-20H,1-2,7,12-13,15H2,3H3,(H,27,32)(H,28,31). The molecule has 2 atom stereocenters. The zero-order chi connectivity index (χ0) is 23.4. The maximum atomic E-state index is 12.9. The Labute approximate surface area is 198 Å². The molecule has 0 aliphatic carbocycles. The molecule has 2 N–H and O–H groups in total. The Bertz CT molecular complexity index is 1200. The molecule has 2 aromatic carbocycles. The van der Waals surface area contributed by atoms with Crippen molar-refractivity contribution in [1.29, 1.82) is 0 Å². The molecule has 1 aromatic heterocycles. The van der Waals surface area contributed by atoms with E-state index in [1.54, 1.807) is 0 Å². The van der Waals surface area contributed by atoms with E-state index in [1.165, 1.54) is 17.4 Å². The quantitative estimate of drug-likeness (QED) is 0.390. The van der Waals surface area contributed by atoms with Gasteiger partial charge in [0.15, 0.2) is 5.01 Å². The van der Waals surface area contributed by atoms with Crippen LogP contribution in [-0.4, -0.2) is 47.4 Å². The summed E-state index contributed by atoms with van der Waals surface area (Å²) in [5.41, 5.74) is 2.34. The Balaban J connectivity index is 1.51. The highest BCUT2D eigenvalue weighted by atomic mass is 32.1. The summed E-state index contributed by atoms with van der Waals surface area (Å²) in [6, 6.07) is 12.2. The number of rotatable bonds is 7. The summed E-state index contributed by atoms with van der Waals surface area (Å²) in [7, 11) is 2.12. The minimum absolute atomic E-state index is 0.127. The Morgan fingerprint density at radius 3 is 2.91 bits per heavy atom. The predicted octanol–water partition coefficient (Wildman–Crippen LogP) is 4.86. The van der Waals surface area contributed by atoms with E-state index in [1.807, 2.05) is 47.9 Å². The summed E-state index contributed by atoms with van der Waals surface area (Å²) in [6.07, 6.45) is 5.95. The lowest BCUT2D eigenvalue weighted by Gasteiger charge is -2.36. The van der Waals surface area contributed by atoms with Crippen molar-refractivity contribution in [2.45, 2.75) is 31.3 Å². The maximum Gasteiger partial charge on any atom is 0.280 e. The zero-order valence-electron chi connectivity index (χ0n) is 18.7. The number of amides is 2. The Morgan fingerprint density at radius 2 is 2.12 bits per heavy atom. The Kier molecular flexibility index (Phi) is 7.01. The van der Waals surface area contributed by atoms with Gasteiger partial charge in [-0.25, -0.2) is 4.98 Å². The number of nitrogens with zero attached hydrogens (tertiary/aromatic N) is 2. The topological polar surface area (TPSA) is 74.3 Å². The van der Waals surface area contributed by atoms with Gasteiger partial charge in [-0.3, -0.25) is 9.59 Å². The number of aromatic nitrogens is 1. The molecule has 4 rings (SSSR count). The second-order valence-electron chi connectivity index (χ2n) is 8.33. The van der Waals surface area contributed by atoms with Crippen molar-refractivity contribution in [3.63, 3.8) is 0 Å². The van der Waals surface area contributed by atoms with Crippen LogP contribution in [0.3, 0.4) is 0 Å². The van der Waals surface area contributed by atoms with Gasteiger partial charge >= 0.3 is 0 Å². The highest BCUT2D eigenvalue weighted by Crippen LogP contribution is 2.30. The molecule has 0 saturated carbocycles. The molecule has 7 heteroatoms. The van der Waals surface area contributed by atoms with Crippen LogP contribution >= 0.6 is 11.3 Å². The third kappa shape index (κ3) is 5.21. The summed E-state index contributed by atoms with van der Waals surface area (Å²) in [5, 5.41) is 10.3. The largest absolute Gasteiger partial charge is 0.347 e. The second kappa shape index (κ2) is 10.1. The highest BCUT2D eigenvalue weighted by molar-refractivity contribution is 7.12. The first-order valence-electron chi connectivity index (χ1n) is 11.0. The first kappa shape index (κ1) is 22.9. The number of anilines is 1. The number of piperidine rings is 1. The minimum Gasteiger partial charge on any atom is -0.347 e. The van der Waals surface area contributed by atoms with Crippen molar-refractivity contribution in [1.82, 2.24) is 15.2 Å². The van der Waals surface area contributed by atoms with E-state index in [-0.39, 0.29) is 17.9 Å². The molecule has 1 aliphatic heterocycles. The average Bonchev–Trinajstić information content (AvgIpc) is 3.32. The number of hydrogen-bond acceptors (Lipinski definition) is 5. The molecule has 1 fully saturated rings. The number of carbonyl (C=O) groups is 2. The summed E-state index contributed by atoms with van der Waals surface area (Å²) >= 11 is 1.34. The van der Waals surface area contributed by atoms with Gasteiger partial charge in [-0.2, -0.15) is 0 Å². The van der Waals surface area contributed by atoms with Gasteiger partial charge in [0, 0.05) is 40.6 Å². The molecule has 0 radical (unpaired) electrons. The number of carbonyl (C=O) groups excluding carboxylic acids is 2. The molecular formula is C26H28N4O2S. The van der Waals surface area contributed by atoms with E-state index < -0.39 is 0 Å². The van der Waals surface area contributed by atoms with Crippen LogP contribution in [0.5, 0.6) is 0 Å². The van der Waals surface area contributed by atoms with Gasteiger partial charge in [0.05, 0.1) is 5.69 Å². The Hall–Kier alpha value is -3.29. The fourth-order valence-corrected chi connectivity index (χ4v) is 4.98. The van der Waals surface area contributed by atoms with Gasteiger partial charge in [0.2, 0.25) is 5.91 Å². The number of likely N-dealkylation sites (tertiary alicyclic amines) is 1. The molecular weight excluding hydrogens is 432 g/mol. The molecule has 6 nitrogen and oxygen atoms in total. The normalized spacial score (nSPS) is 18.6. The zero-order valence-corrected chi connectivity index (χ0v) is 19.5. The van der Waals surface area contributed by atoms with Crippen LogP contribution in [0, 0.1) is 0 Å². The van der Waals surface area contributed by atoms with Crippen molar-refractivity contribution in [3.05, 3.63) is 72.1 Å². The lowest BCUT2D eigenvalue weighted by molar-refractivity contribution is -0.111. The number of hydrogen-bond donors (Lipinski definition) is 2. The van der Waals surface area contributed by atoms with Crippen molar-refractivity contribution in [3.8, 4) is 11.3 Å². The van der Waals surface area contributed by atoms with Crippen LogP contribution < -0.4 is 10.6 Å². The van der Waals surface area contributed by atoms with Crippen LogP contribution in [0.15, 0.2) is 67.1 Å². The molecule has 33 heavy (non-hydrogen) atoms. The van der Waals surface area contributed by atoms with E-state index in [9.17, 15) is 9.59 Å². The van der Waals surface area contributed by atoms with Crippen LogP contribution in [0.2, 0.25) is 0 Å². The molecule has 3 aromatic rings. The average molecular weight is 461 g/mol. The van der Waals surface area contributed by atoms with Crippen molar-refractivity contribution in [2.24, 2.45) is 0 Å². The molecule has 2 amide bonds. The molecule has 0 spiro atoms. The lowest BCUT2D eigenvalue weighted by Crippen LogP contribution is -2.48. The third-order valence-electron chi connectivity index (χ3n) is 6.10. The van der Waals surface area contributed by atoms with Gasteiger partial charge in [-0.1, -0.05) is 36.9 Å². The van der Waals surface area contributed by atoms with Crippen LogP contribution in [-0.2, 0) is 4.79 Å². The van der Waals surface area contributed by atoms with Crippen LogP contribution in [0.25, 0.3) is 22.0 Å². The van der Waals surface area contributed by atoms with Gasteiger partial charge < -0.3 is 15.5 Å². The molecule has 2 heterocycles. The fraction of sp³-hybridized carbons (Fsp3) is 0.269. The van der Waals surface area contributed by atoms with Crippen LogP contribution in [0.4, 0.5) is 5.69 Å². The van der Waals surface area contributed by atoms with Crippen molar-refractivity contribution >= 4 is 39.6 Å². The van der Waals surface area contributed by atoms with E-state index >= 15 is 0 Å². The first-order chi connectivity index (χ1) is 16.0. The summed E-state index contributed by atoms with van der Waals surface area (Å²) in [6.45, 7) is 8.32. The Morgan fingerprint density at radius 1 is 1.27 bits per heavy atom. The summed E-state index contributed by atoms with van der Waals surface area (Å²) in [4.78, 5) is 31.6. The second-order valence-corrected chi connectivity index (χ2v) is 9.18. The number of nitrogens with one attached hydrogen (secondary N) is 2. The minimum atomic E-state index is -0.259. The summed E-state index contributed by atoms with van der Waals surface area (Å²) < 4.78 is 0. The van der Waals surface area contributed by atoms with Crippen LogP contribution in [0.1, 0.15) is 29.1 Å². The number of benzene rings is 2. The third-order valence-corrected chi connectivity index (χ3v) is 6.94. The van der Waals surface area contributed by atoms with Gasteiger partial charge in [-0.15, -0.1) is 17.9 Å². The van der Waals surface area contributed by atoms with Gasteiger partial charge in [0.25, 0.3) is 5.91 Å². The predicted molar refractivity (Wildman–Crippen MR) is 136 cm³/mol. The van der Waals surface area contributed by atoms with E-state index in [2.05, 4.69) is 40.7 Å². The van der Waals surface area contributed by atoms with Crippen molar-refractivity contribution < 1.29 is 9.59 Å². The number of fused-ring (bicyclic) bond motifs is 1. The number of thiazole rings is 1. The molecule has 1 aliphatic rings. The van der Waals surface area contributed by atoms with E-state index in [0.717, 1.165) is 47.8 Å². The lowest BCUT2D eigenvalue weighted by atomic mass is 9.95. The maximum absolute atomic E-state index is 12.9. The molecule has 1 saturated heterocycles. The molecule has 0 bridgehead atoms. The fourth-order valence-electron chi connectivity index (χ4n) is 4.25. The SMILES string of the molecule is C=CCC1CC(NC(=O)c2nc(-c3ccc4cccc(NC(=O)C=C)c4c3)cs2)CCN1C. The summed E-state index contributed by atoms with van der Waals surface area (Å²) in [5.74, 6) is -0.386. The van der Waals surface area contributed by atoms with E-state index in [4.69, 9.17) is 0 Å². The highest BCUT2D eigenvalue weighted by Gasteiger charge is 2.27. The molecule has 2 unspecified atom stereocenters. The van der Waals surface area contributed by atoms with Crippen molar-refractivity contribution in [2.75, 3.05) is 18.9 Å². The monoisotopic (exact) mass is 460 g/mol. The van der Waals surface area contributed by atoms with Gasteiger partial charge in [-0.05, 0) is 49.9 Å². The van der Waals surface area contributed by atoms with E-state index in [0.29, 0.717) is 16.7 Å². The molecule has 170 valence electrons.